The van der Waals surface area contributed by atoms with Crippen molar-refractivity contribution in [2.45, 2.75) is 85.1 Å². The fourth-order valence-electron chi connectivity index (χ4n) is 4.91. The van der Waals surface area contributed by atoms with E-state index in [1.54, 1.807) is 11.3 Å². The van der Waals surface area contributed by atoms with Gasteiger partial charge in [0.05, 0.1) is 11.8 Å². The molecular formula is C25H36N4OS. The molecule has 0 bridgehead atoms. The second-order valence-corrected chi connectivity index (χ2v) is 11.4. The Kier molecular flexibility index (Phi) is 6.38. The molecule has 0 radical (unpaired) electrons. The Morgan fingerprint density at radius 2 is 2.00 bits per heavy atom. The lowest BCUT2D eigenvalue weighted by Gasteiger charge is -2.34. The largest absolute Gasteiger partial charge is 0.349 e. The summed E-state index contributed by atoms with van der Waals surface area (Å²) in [6.45, 7) is 9.03. The quantitative estimate of drug-likeness (QED) is 0.615. The van der Waals surface area contributed by atoms with Gasteiger partial charge in [-0.15, -0.1) is 11.3 Å². The lowest BCUT2D eigenvalue weighted by atomic mass is 9.72. The van der Waals surface area contributed by atoms with Crippen LogP contribution in [0.2, 0.25) is 0 Å². The maximum Gasteiger partial charge on any atom is 0.254 e. The molecule has 31 heavy (non-hydrogen) atoms. The van der Waals surface area contributed by atoms with Crippen molar-refractivity contribution in [3.05, 3.63) is 33.5 Å². The Balaban J connectivity index is 1.66. The molecule has 0 aromatic carbocycles. The lowest BCUT2D eigenvalue weighted by molar-refractivity contribution is 0.0927. The summed E-state index contributed by atoms with van der Waals surface area (Å²) in [6, 6.07) is 0.306. The molecule has 4 rings (SSSR count). The maximum absolute atomic E-state index is 13.4. The average molecular weight is 441 g/mol. The van der Waals surface area contributed by atoms with Crippen molar-refractivity contribution in [2.75, 3.05) is 0 Å². The number of hydrogen-bond acceptors (Lipinski definition) is 4. The van der Waals surface area contributed by atoms with E-state index >= 15 is 0 Å². The van der Waals surface area contributed by atoms with Gasteiger partial charge in [0, 0.05) is 35.4 Å². The van der Waals surface area contributed by atoms with E-state index in [0.717, 1.165) is 53.9 Å². The monoisotopic (exact) mass is 440 g/mol. The van der Waals surface area contributed by atoms with Gasteiger partial charge in [0.15, 0.2) is 0 Å². The van der Waals surface area contributed by atoms with Crippen LogP contribution in [0.1, 0.15) is 91.4 Å². The smallest absolute Gasteiger partial charge is 0.254 e. The van der Waals surface area contributed by atoms with Crippen molar-refractivity contribution in [1.29, 1.82) is 0 Å². The van der Waals surface area contributed by atoms with E-state index in [1.165, 1.54) is 29.7 Å². The van der Waals surface area contributed by atoms with Crippen molar-refractivity contribution >= 4 is 28.5 Å². The lowest BCUT2D eigenvalue weighted by Crippen LogP contribution is -2.36. The first-order chi connectivity index (χ1) is 14.7. The molecule has 1 fully saturated rings. The molecule has 0 saturated heterocycles. The van der Waals surface area contributed by atoms with E-state index in [0.29, 0.717) is 12.0 Å². The van der Waals surface area contributed by atoms with Gasteiger partial charge in [0.25, 0.3) is 5.91 Å². The first kappa shape index (κ1) is 22.3. The molecule has 1 amide bonds. The summed E-state index contributed by atoms with van der Waals surface area (Å²) in [5.41, 5.74) is 4.43. The Labute approximate surface area is 190 Å². The predicted molar refractivity (Wildman–Crippen MR) is 129 cm³/mol. The molecule has 0 spiro atoms. The van der Waals surface area contributed by atoms with Crippen molar-refractivity contribution < 1.29 is 4.79 Å². The summed E-state index contributed by atoms with van der Waals surface area (Å²) in [5, 5.41) is 8.52. The van der Waals surface area contributed by atoms with Crippen LogP contribution in [0.15, 0.2) is 11.2 Å². The maximum atomic E-state index is 13.4. The second kappa shape index (κ2) is 8.89. The second-order valence-electron chi connectivity index (χ2n) is 10.4. The summed E-state index contributed by atoms with van der Waals surface area (Å²) >= 11 is 1.72. The number of rotatable bonds is 4. The fraction of sp³-hybridized carbons (Fsp3) is 0.640. The Morgan fingerprint density at radius 1 is 1.26 bits per heavy atom. The highest BCUT2D eigenvalue weighted by Crippen LogP contribution is 2.45. The minimum atomic E-state index is 0.0775. The number of amides is 1. The molecule has 2 aliphatic rings. The van der Waals surface area contributed by atoms with Crippen LogP contribution in [-0.4, -0.2) is 27.9 Å². The molecule has 1 atom stereocenters. The molecule has 0 aliphatic heterocycles. The zero-order valence-electron chi connectivity index (χ0n) is 19.6. The molecule has 2 heterocycles. The van der Waals surface area contributed by atoms with Gasteiger partial charge in [-0.1, -0.05) is 40.0 Å². The molecular weight excluding hydrogens is 404 g/mol. The number of nitrogens with zero attached hydrogens (tertiary/aromatic N) is 3. The SMILES string of the molecule is Cc1c(C=Nc2sc3c(c2C(=O)NC2CCCCC2)CC[C@H](C(C)(C)C)C3)cnn1C. The van der Waals surface area contributed by atoms with Crippen LogP contribution in [0.3, 0.4) is 0 Å². The van der Waals surface area contributed by atoms with Gasteiger partial charge in [0.1, 0.15) is 5.00 Å². The van der Waals surface area contributed by atoms with Crippen LogP contribution in [0, 0.1) is 18.3 Å². The number of fused-ring (bicyclic) bond motifs is 1. The highest BCUT2D eigenvalue weighted by atomic mass is 32.1. The van der Waals surface area contributed by atoms with Crippen LogP contribution in [-0.2, 0) is 19.9 Å². The van der Waals surface area contributed by atoms with E-state index in [-0.39, 0.29) is 11.3 Å². The van der Waals surface area contributed by atoms with Gasteiger partial charge >= 0.3 is 0 Å². The van der Waals surface area contributed by atoms with Gasteiger partial charge in [-0.05, 0) is 55.9 Å². The molecule has 2 aromatic heterocycles. The Bertz CT molecular complexity index is 973. The van der Waals surface area contributed by atoms with Gasteiger partial charge in [0.2, 0.25) is 0 Å². The Hall–Kier alpha value is -1.95. The third kappa shape index (κ3) is 4.79. The van der Waals surface area contributed by atoms with Crippen LogP contribution in [0.25, 0.3) is 0 Å². The molecule has 2 aliphatic carbocycles. The van der Waals surface area contributed by atoms with Gasteiger partial charge in [-0.2, -0.15) is 5.10 Å². The van der Waals surface area contributed by atoms with Crippen molar-refractivity contribution in [3.63, 3.8) is 0 Å². The number of carbonyl (C=O) groups is 1. The number of thiophene rings is 1. The molecule has 5 nitrogen and oxygen atoms in total. The predicted octanol–water partition coefficient (Wildman–Crippen LogP) is 5.75. The Morgan fingerprint density at radius 3 is 2.65 bits per heavy atom. The van der Waals surface area contributed by atoms with Crippen LogP contribution < -0.4 is 5.32 Å². The van der Waals surface area contributed by atoms with E-state index in [2.05, 4.69) is 31.2 Å². The molecule has 2 aromatic rings. The summed E-state index contributed by atoms with van der Waals surface area (Å²) in [7, 11) is 1.94. The summed E-state index contributed by atoms with van der Waals surface area (Å²) in [6.07, 6.45) is 12.8. The highest BCUT2D eigenvalue weighted by molar-refractivity contribution is 7.16. The molecule has 1 N–H and O–H groups in total. The number of nitrogens with one attached hydrogen (secondary N) is 1. The third-order valence-corrected chi connectivity index (χ3v) is 8.40. The molecule has 6 heteroatoms. The zero-order valence-corrected chi connectivity index (χ0v) is 20.4. The van der Waals surface area contributed by atoms with Gasteiger partial charge in [-0.25, -0.2) is 4.99 Å². The van der Waals surface area contributed by atoms with Crippen LogP contribution >= 0.6 is 11.3 Å². The normalized spacial score (nSPS) is 20.2. The minimum Gasteiger partial charge on any atom is -0.349 e. The summed E-state index contributed by atoms with van der Waals surface area (Å²) in [4.78, 5) is 19.6. The average Bonchev–Trinajstić information content (AvgIpc) is 3.25. The molecule has 168 valence electrons. The van der Waals surface area contributed by atoms with Gasteiger partial charge < -0.3 is 5.32 Å². The van der Waals surface area contributed by atoms with Crippen molar-refractivity contribution in [3.8, 4) is 0 Å². The third-order valence-electron chi connectivity index (χ3n) is 7.23. The minimum absolute atomic E-state index is 0.0775. The van der Waals surface area contributed by atoms with Crippen LogP contribution in [0.4, 0.5) is 5.00 Å². The molecule has 0 unspecified atom stereocenters. The van der Waals surface area contributed by atoms with Gasteiger partial charge in [-0.3, -0.25) is 9.48 Å². The van der Waals surface area contributed by atoms with Crippen molar-refractivity contribution in [1.82, 2.24) is 15.1 Å². The van der Waals surface area contributed by atoms with E-state index < -0.39 is 0 Å². The highest BCUT2D eigenvalue weighted by Gasteiger charge is 2.34. The van der Waals surface area contributed by atoms with E-state index in [9.17, 15) is 4.79 Å². The molecule has 1 saturated carbocycles. The summed E-state index contributed by atoms with van der Waals surface area (Å²) in [5.74, 6) is 0.721. The topological polar surface area (TPSA) is 59.3 Å². The zero-order chi connectivity index (χ0) is 22.2. The van der Waals surface area contributed by atoms with E-state index in [4.69, 9.17) is 4.99 Å². The van der Waals surface area contributed by atoms with E-state index in [1.807, 2.05) is 31.1 Å². The first-order valence-corrected chi connectivity index (χ1v) is 12.5. The summed E-state index contributed by atoms with van der Waals surface area (Å²) < 4.78 is 1.85. The number of aliphatic imine (C=N–C) groups is 1. The first-order valence-electron chi connectivity index (χ1n) is 11.7. The number of aryl methyl sites for hydroxylation is 1. The van der Waals surface area contributed by atoms with Crippen LogP contribution in [0.5, 0.6) is 0 Å². The number of aromatic nitrogens is 2. The standard InChI is InChI=1S/C25H36N4OS/c1-16-17(15-27-29(16)5)14-26-24-22(23(30)28-19-9-7-6-8-10-19)20-12-11-18(25(2,3)4)13-21(20)31-24/h14-15,18-19H,6-13H2,1-5H3,(H,28,30)/t18-/m0/s1. The number of hydrogen-bond donors (Lipinski definition) is 1. The fourth-order valence-corrected chi connectivity index (χ4v) is 6.18. The van der Waals surface area contributed by atoms with Crippen molar-refractivity contribution in [2.24, 2.45) is 23.4 Å². The number of carbonyl (C=O) groups excluding carboxylic acids is 1.